The second-order valence-electron chi connectivity index (χ2n) is 5.24. The molecule has 0 aliphatic heterocycles. The van der Waals surface area contributed by atoms with Crippen LogP contribution in [0.15, 0.2) is 37.9 Å². The molecule has 24 heavy (non-hydrogen) atoms. The molecule has 7 heteroatoms. The van der Waals surface area contributed by atoms with Gasteiger partial charge in [-0.05, 0) is 0 Å². The number of hydrogen-bond donors (Lipinski definition) is 2. The third-order valence-electron chi connectivity index (χ3n) is 3.90. The van der Waals surface area contributed by atoms with Crippen LogP contribution in [0.25, 0.3) is 32.9 Å². The molecule has 0 atom stereocenters. The highest BCUT2D eigenvalue weighted by Crippen LogP contribution is 2.42. The van der Waals surface area contributed by atoms with Gasteiger partial charge in [0.25, 0.3) is 0 Å². The Bertz CT molecular complexity index is 1170. The summed E-state index contributed by atoms with van der Waals surface area (Å²) in [4.78, 5) is 12.4. The number of phenolic OH excluding ortho intramolecular Hbond substituents is 2. The third-order valence-corrected chi connectivity index (χ3v) is 3.90. The molecule has 0 amide bonds. The van der Waals surface area contributed by atoms with E-state index in [2.05, 4.69) is 0 Å². The number of fused-ring (bicyclic) bond motifs is 5. The SMILES string of the molecule is COc1cc(O)c2c(c1)oc(=O)c1c2oc2cc(OC)cc(O)c21. The number of ether oxygens (including phenoxy) is 2. The van der Waals surface area contributed by atoms with Crippen molar-refractivity contribution < 1.29 is 28.5 Å². The molecule has 0 saturated carbocycles. The van der Waals surface area contributed by atoms with E-state index in [1.165, 1.54) is 32.4 Å². The summed E-state index contributed by atoms with van der Waals surface area (Å²) in [6, 6.07) is 5.77. The molecule has 0 fully saturated rings. The zero-order chi connectivity index (χ0) is 17.0. The van der Waals surface area contributed by atoms with Gasteiger partial charge in [0.1, 0.15) is 44.9 Å². The Balaban J connectivity index is 2.26. The average Bonchev–Trinajstić information content (AvgIpc) is 2.94. The quantitative estimate of drug-likeness (QED) is 0.545. The fourth-order valence-electron chi connectivity index (χ4n) is 2.82. The van der Waals surface area contributed by atoms with Crippen molar-refractivity contribution in [3.05, 3.63) is 34.7 Å². The van der Waals surface area contributed by atoms with Gasteiger partial charge in [-0.3, -0.25) is 0 Å². The van der Waals surface area contributed by atoms with E-state index < -0.39 is 5.63 Å². The standard InChI is InChI=1S/C17H12O7/c1-21-7-3-9(18)13-11(5-7)23-16-14-10(19)4-8(22-2)6-12(14)24-17(20)15(13)16/h3-6,18-19H,1-2H3. The molecule has 0 bridgehead atoms. The molecule has 0 aliphatic rings. The van der Waals surface area contributed by atoms with E-state index in [9.17, 15) is 15.0 Å². The van der Waals surface area contributed by atoms with Gasteiger partial charge in [-0.2, -0.15) is 0 Å². The summed E-state index contributed by atoms with van der Waals surface area (Å²) < 4.78 is 21.1. The van der Waals surface area contributed by atoms with Crippen LogP contribution in [0.5, 0.6) is 23.0 Å². The van der Waals surface area contributed by atoms with Crippen LogP contribution in [0.1, 0.15) is 0 Å². The molecule has 0 saturated heterocycles. The first-order valence-corrected chi connectivity index (χ1v) is 7.00. The lowest BCUT2D eigenvalue weighted by molar-refractivity contribution is 0.407. The number of benzene rings is 2. The predicted molar refractivity (Wildman–Crippen MR) is 86.2 cm³/mol. The van der Waals surface area contributed by atoms with Crippen molar-refractivity contribution >= 4 is 32.9 Å². The summed E-state index contributed by atoms with van der Waals surface area (Å²) in [7, 11) is 2.88. The Morgan fingerprint density at radius 2 is 1.33 bits per heavy atom. The lowest BCUT2D eigenvalue weighted by Crippen LogP contribution is -1.98. The molecular weight excluding hydrogens is 316 g/mol. The van der Waals surface area contributed by atoms with Crippen molar-refractivity contribution in [2.75, 3.05) is 14.2 Å². The molecule has 4 rings (SSSR count). The molecule has 0 unspecified atom stereocenters. The summed E-state index contributed by atoms with van der Waals surface area (Å²) in [5.74, 6) is 0.369. The van der Waals surface area contributed by atoms with Crippen molar-refractivity contribution in [3.8, 4) is 23.0 Å². The summed E-state index contributed by atoms with van der Waals surface area (Å²) in [6.07, 6.45) is 0. The number of hydrogen-bond acceptors (Lipinski definition) is 7. The Labute approximate surface area is 134 Å². The van der Waals surface area contributed by atoms with Crippen LogP contribution in [-0.2, 0) is 0 Å². The third kappa shape index (κ3) is 1.81. The minimum atomic E-state index is -0.690. The number of furan rings is 1. The lowest BCUT2D eigenvalue weighted by atomic mass is 10.1. The van der Waals surface area contributed by atoms with Crippen molar-refractivity contribution in [1.82, 2.24) is 0 Å². The van der Waals surface area contributed by atoms with Gasteiger partial charge in [0.05, 0.1) is 19.6 Å². The minimum absolute atomic E-state index is 0.0538. The number of methoxy groups -OCH3 is 2. The fraction of sp³-hybridized carbons (Fsp3) is 0.118. The predicted octanol–water partition coefficient (Wildman–Crippen LogP) is 3.12. The van der Waals surface area contributed by atoms with Gasteiger partial charge in [0.2, 0.25) is 0 Å². The van der Waals surface area contributed by atoms with Crippen molar-refractivity contribution in [2.45, 2.75) is 0 Å². The summed E-state index contributed by atoms with van der Waals surface area (Å²) in [5, 5.41) is 21.0. The maximum absolute atomic E-state index is 12.4. The Morgan fingerprint density at radius 3 is 1.92 bits per heavy atom. The molecule has 7 nitrogen and oxygen atoms in total. The topological polar surface area (TPSA) is 102 Å². The maximum Gasteiger partial charge on any atom is 0.348 e. The molecule has 0 aliphatic carbocycles. The van der Waals surface area contributed by atoms with Crippen LogP contribution in [0.4, 0.5) is 0 Å². The Morgan fingerprint density at radius 1 is 0.792 bits per heavy atom. The molecule has 0 spiro atoms. The largest absolute Gasteiger partial charge is 0.507 e. The van der Waals surface area contributed by atoms with Gasteiger partial charge in [0.15, 0.2) is 5.58 Å². The molecule has 2 N–H and O–H groups in total. The highest BCUT2D eigenvalue weighted by molar-refractivity contribution is 6.16. The van der Waals surface area contributed by atoms with E-state index in [0.717, 1.165) is 0 Å². The van der Waals surface area contributed by atoms with Crippen molar-refractivity contribution in [2.24, 2.45) is 0 Å². The van der Waals surface area contributed by atoms with E-state index in [0.29, 0.717) is 11.5 Å². The lowest BCUT2D eigenvalue weighted by Gasteiger charge is -2.04. The zero-order valence-corrected chi connectivity index (χ0v) is 12.7. The van der Waals surface area contributed by atoms with Gasteiger partial charge < -0.3 is 28.5 Å². The summed E-state index contributed by atoms with van der Waals surface area (Å²) in [5.41, 5.74) is -0.198. The van der Waals surface area contributed by atoms with E-state index in [-0.39, 0.29) is 44.4 Å². The monoisotopic (exact) mass is 328 g/mol. The van der Waals surface area contributed by atoms with Crippen LogP contribution < -0.4 is 15.1 Å². The van der Waals surface area contributed by atoms with E-state index in [4.69, 9.17) is 18.3 Å². The molecule has 2 heterocycles. The van der Waals surface area contributed by atoms with Crippen LogP contribution in [-0.4, -0.2) is 24.4 Å². The first-order chi connectivity index (χ1) is 11.5. The number of aromatic hydroxyl groups is 2. The smallest absolute Gasteiger partial charge is 0.348 e. The van der Waals surface area contributed by atoms with Gasteiger partial charge in [-0.25, -0.2) is 4.79 Å². The molecular formula is C17H12O7. The molecule has 2 aromatic heterocycles. The zero-order valence-electron chi connectivity index (χ0n) is 12.7. The van der Waals surface area contributed by atoms with Crippen LogP contribution in [0.3, 0.4) is 0 Å². The summed E-state index contributed by atoms with van der Waals surface area (Å²) in [6.45, 7) is 0. The first-order valence-electron chi connectivity index (χ1n) is 7.00. The van der Waals surface area contributed by atoms with Crippen molar-refractivity contribution in [3.63, 3.8) is 0 Å². The molecule has 4 aromatic rings. The second kappa shape index (κ2) is 4.82. The summed E-state index contributed by atoms with van der Waals surface area (Å²) >= 11 is 0. The highest BCUT2D eigenvalue weighted by Gasteiger charge is 2.22. The number of rotatable bonds is 2. The number of phenols is 2. The van der Waals surface area contributed by atoms with Crippen molar-refractivity contribution in [1.29, 1.82) is 0 Å². The van der Waals surface area contributed by atoms with Crippen LogP contribution in [0, 0.1) is 0 Å². The average molecular weight is 328 g/mol. The second-order valence-corrected chi connectivity index (χ2v) is 5.24. The van der Waals surface area contributed by atoms with Gasteiger partial charge >= 0.3 is 5.63 Å². The maximum atomic E-state index is 12.4. The van der Waals surface area contributed by atoms with E-state index in [1.54, 1.807) is 6.07 Å². The highest BCUT2D eigenvalue weighted by atomic mass is 16.5. The first kappa shape index (κ1) is 14.3. The van der Waals surface area contributed by atoms with E-state index >= 15 is 0 Å². The fourth-order valence-corrected chi connectivity index (χ4v) is 2.82. The Kier molecular flexibility index (Phi) is 2.86. The Hall–Kier alpha value is -3.35. The normalized spacial score (nSPS) is 11.4. The molecule has 2 aromatic carbocycles. The van der Waals surface area contributed by atoms with Crippen LogP contribution >= 0.6 is 0 Å². The molecule has 122 valence electrons. The van der Waals surface area contributed by atoms with Gasteiger partial charge in [-0.15, -0.1) is 0 Å². The van der Waals surface area contributed by atoms with Gasteiger partial charge in [-0.1, -0.05) is 0 Å². The van der Waals surface area contributed by atoms with Crippen LogP contribution in [0.2, 0.25) is 0 Å². The van der Waals surface area contributed by atoms with Gasteiger partial charge in [0, 0.05) is 24.3 Å². The minimum Gasteiger partial charge on any atom is -0.507 e. The molecule has 0 radical (unpaired) electrons. The van der Waals surface area contributed by atoms with E-state index in [1.807, 2.05) is 0 Å².